The third-order valence-electron chi connectivity index (χ3n) is 6.24. The SMILES string of the molecule is COc1cnc2c(-c3nc4c(Cl)cc5c(c4s3)OC[C@@H](CN(C(=O)O)c3cncc(C#N)c3)O5)cc(C)cc2n1. The van der Waals surface area contributed by atoms with Crippen LogP contribution in [0.4, 0.5) is 10.5 Å². The average Bonchev–Trinajstić information content (AvgIpc) is 3.41. The van der Waals surface area contributed by atoms with Gasteiger partial charge < -0.3 is 19.3 Å². The predicted octanol–water partition coefficient (Wildman–Crippen LogP) is 5.47. The van der Waals surface area contributed by atoms with Crippen molar-refractivity contribution >= 4 is 56.0 Å². The normalized spacial score (nSPS) is 14.2. The molecule has 0 saturated carbocycles. The van der Waals surface area contributed by atoms with Crippen LogP contribution in [0.1, 0.15) is 11.1 Å². The van der Waals surface area contributed by atoms with Crippen LogP contribution in [0.5, 0.6) is 17.4 Å². The second kappa shape index (κ2) is 10.1. The van der Waals surface area contributed by atoms with Gasteiger partial charge in [-0.1, -0.05) is 11.6 Å². The molecule has 2 aromatic carbocycles. The van der Waals surface area contributed by atoms with Gasteiger partial charge in [-0.25, -0.2) is 19.7 Å². The number of methoxy groups -OCH3 is 1. The molecule has 4 heterocycles. The van der Waals surface area contributed by atoms with Gasteiger partial charge >= 0.3 is 6.09 Å². The van der Waals surface area contributed by atoms with E-state index in [9.17, 15) is 9.90 Å². The number of nitriles is 1. The number of pyridine rings is 1. The third kappa shape index (κ3) is 4.55. The van der Waals surface area contributed by atoms with Gasteiger partial charge in [0.15, 0.2) is 17.6 Å². The van der Waals surface area contributed by atoms with Gasteiger partial charge in [0.2, 0.25) is 5.88 Å². The molecule has 1 aliphatic rings. The standard InChI is InChI=1S/C27H19ClN6O5S/c1-13-3-17(22-19(4-13)32-21(37-2)10-31-22)26-33-23-18(28)6-20-24(25(23)40-26)38-12-16(39-20)11-34(27(35)36)15-5-14(7-29)8-30-9-15/h3-6,8-10,16H,11-12H2,1-2H3,(H,35,36)/t16-/m1/s1. The van der Waals surface area contributed by atoms with Crippen LogP contribution in [0.25, 0.3) is 31.8 Å². The van der Waals surface area contributed by atoms with Crippen molar-refractivity contribution < 1.29 is 24.1 Å². The molecule has 13 heteroatoms. The fourth-order valence-corrected chi connectivity index (χ4v) is 5.85. The summed E-state index contributed by atoms with van der Waals surface area (Å²) >= 11 is 8.03. The van der Waals surface area contributed by atoms with Crippen molar-refractivity contribution in [3.63, 3.8) is 0 Å². The molecule has 3 aromatic heterocycles. The van der Waals surface area contributed by atoms with E-state index < -0.39 is 12.2 Å². The fraction of sp³-hybridized carbons (Fsp3) is 0.185. The number of aryl methyl sites for hydroxylation is 1. The van der Waals surface area contributed by atoms with Crippen LogP contribution in [-0.4, -0.2) is 57.5 Å². The molecule has 200 valence electrons. The zero-order chi connectivity index (χ0) is 28.0. The van der Waals surface area contributed by atoms with E-state index in [2.05, 4.69) is 15.0 Å². The fourth-order valence-electron chi connectivity index (χ4n) is 4.46. The number of anilines is 1. The summed E-state index contributed by atoms with van der Waals surface area (Å²) in [6, 6.07) is 8.96. The number of rotatable bonds is 5. The first-order valence-electron chi connectivity index (χ1n) is 11.9. The maximum atomic E-state index is 12.0. The van der Waals surface area contributed by atoms with Crippen LogP contribution in [-0.2, 0) is 0 Å². The maximum absolute atomic E-state index is 12.0. The Labute approximate surface area is 236 Å². The summed E-state index contributed by atoms with van der Waals surface area (Å²) in [5.74, 6) is 1.29. The van der Waals surface area contributed by atoms with Gasteiger partial charge in [-0.2, -0.15) is 5.26 Å². The maximum Gasteiger partial charge on any atom is 0.411 e. The molecule has 0 unspecified atom stereocenters. The van der Waals surface area contributed by atoms with Crippen molar-refractivity contribution in [1.29, 1.82) is 5.26 Å². The molecule has 40 heavy (non-hydrogen) atoms. The molecule has 0 bridgehead atoms. The van der Waals surface area contributed by atoms with Crippen LogP contribution in [0, 0.1) is 18.3 Å². The quantitative estimate of drug-likeness (QED) is 0.287. The molecule has 1 amide bonds. The zero-order valence-electron chi connectivity index (χ0n) is 21.1. The Morgan fingerprint density at radius 3 is 2.88 bits per heavy atom. The third-order valence-corrected chi connectivity index (χ3v) is 7.61. The van der Waals surface area contributed by atoms with E-state index >= 15 is 0 Å². The number of fused-ring (bicyclic) bond motifs is 4. The smallest absolute Gasteiger partial charge is 0.411 e. The number of halogens is 1. The van der Waals surface area contributed by atoms with E-state index in [1.807, 2.05) is 25.1 Å². The largest absolute Gasteiger partial charge is 0.484 e. The Kier molecular flexibility index (Phi) is 6.45. The minimum atomic E-state index is -1.21. The van der Waals surface area contributed by atoms with Crippen LogP contribution < -0.4 is 19.1 Å². The molecule has 0 fully saturated rings. The summed E-state index contributed by atoms with van der Waals surface area (Å²) in [7, 11) is 1.54. The topological polar surface area (TPSA) is 144 Å². The number of hydrogen-bond acceptors (Lipinski definition) is 10. The van der Waals surface area contributed by atoms with E-state index in [4.69, 9.17) is 36.1 Å². The highest BCUT2D eigenvalue weighted by atomic mass is 35.5. The van der Waals surface area contributed by atoms with Crippen LogP contribution in [0.2, 0.25) is 5.02 Å². The van der Waals surface area contributed by atoms with Gasteiger partial charge in [0.05, 0.1) is 53.4 Å². The number of carbonyl (C=O) groups is 1. The summed E-state index contributed by atoms with van der Waals surface area (Å²) < 4.78 is 18.2. The van der Waals surface area contributed by atoms with Gasteiger partial charge in [0, 0.05) is 17.8 Å². The van der Waals surface area contributed by atoms with Crippen molar-refractivity contribution in [3.05, 3.63) is 59.0 Å². The number of thiazole rings is 1. The molecule has 0 radical (unpaired) electrons. The highest BCUT2D eigenvalue weighted by Crippen LogP contribution is 2.47. The number of hydrogen-bond donors (Lipinski definition) is 1. The summed E-state index contributed by atoms with van der Waals surface area (Å²) in [4.78, 5) is 30.9. The average molecular weight is 575 g/mol. The highest BCUT2D eigenvalue weighted by Gasteiger charge is 2.30. The van der Waals surface area contributed by atoms with E-state index in [0.29, 0.717) is 48.7 Å². The lowest BCUT2D eigenvalue weighted by Crippen LogP contribution is -2.43. The first-order chi connectivity index (χ1) is 19.3. The Bertz CT molecular complexity index is 1860. The number of benzene rings is 2. The van der Waals surface area contributed by atoms with Crippen LogP contribution in [0.15, 0.2) is 42.9 Å². The van der Waals surface area contributed by atoms with Crippen LogP contribution >= 0.6 is 22.9 Å². The number of ether oxygens (including phenoxy) is 3. The first-order valence-corrected chi connectivity index (χ1v) is 13.1. The van der Waals surface area contributed by atoms with Crippen molar-refractivity contribution in [3.8, 4) is 34.0 Å². The zero-order valence-corrected chi connectivity index (χ0v) is 22.7. The molecule has 0 spiro atoms. The monoisotopic (exact) mass is 574 g/mol. The number of carboxylic acid groups (broad SMARTS) is 1. The van der Waals surface area contributed by atoms with Gasteiger partial charge in [-0.05, 0) is 30.7 Å². The molecular weight excluding hydrogens is 556 g/mol. The van der Waals surface area contributed by atoms with Gasteiger partial charge in [-0.3, -0.25) is 9.88 Å². The van der Waals surface area contributed by atoms with Crippen molar-refractivity contribution in [2.45, 2.75) is 13.0 Å². The van der Waals surface area contributed by atoms with E-state index in [-0.39, 0.29) is 24.4 Å². The molecule has 5 aromatic rings. The molecule has 1 N–H and O–H groups in total. The van der Waals surface area contributed by atoms with Crippen molar-refractivity contribution in [2.75, 3.05) is 25.2 Å². The Morgan fingerprint density at radius 2 is 2.10 bits per heavy atom. The lowest BCUT2D eigenvalue weighted by Gasteiger charge is -2.30. The lowest BCUT2D eigenvalue weighted by atomic mass is 10.1. The molecule has 1 aliphatic heterocycles. The number of nitrogens with zero attached hydrogens (tertiary/aromatic N) is 6. The molecular formula is C27H19ClN6O5S. The highest BCUT2D eigenvalue weighted by molar-refractivity contribution is 7.22. The molecule has 11 nitrogen and oxygen atoms in total. The van der Waals surface area contributed by atoms with Gasteiger partial charge in [0.1, 0.15) is 27.9 Å². The van der Waals surface area contributed by atoms with Gasteiger partial charge in [-0.15, -0.1) is 11.3 Å². The van der Waals surface area contributed by atoms with E-state index in [1.165, 1.54) is 29.8 Å². The summed E-state index contributed by atoms with van der Waals surface area (Å²) in [6.07, 6.45) is 2.45. The van der Waals surface area contributed by atoms with Crippen molar-refractivity contribution in [2.24, 2.45) is 0 Å². The minimum Gasteiger partial charge on any atom is -0.484 e. The summed E-state index contributed by atoms with van der Waals surface area (Å²) in [5, 5.41) is 20.0. The van der Waals surface area contributed by atoms with Crippen molar-refractivity contribution in [1.82, 2.24) is 19.9 Å². The number of aromatic nitrogens is 4. The Morgan fingerprint density at radius 1 is 1.25 bits per heavy atom. The summed E-state index contributed by atoms with van der Waals surface area (Å²) in [5.41, 5.74) is 4.21. The molecule has 6 rings (SSSR count). The second-order valence-electron chi connectivity index (χ2n) is 8.96. The van der Waals surface area contributed by atoms with Gasteiger partial charge in [0.25, 0.3) is 0 Å². The molecule has 0 aliphatic carbocycles. The first kappa shape index (κ1) is 25.5. The van der Waals surface area contributed by atoms with Crippen LogP contribution in [0.3, 0.4) is 0 Å². The summed E-state index contributed by atoms with van der Waals surface area (Å²) in [6.45, 7) is 2.01. The van der Waals surface area contributed by atoms with E-state index in [0.717, 1.165) is 16.0 Å². The van der Waals surface area contributed by atoms with E-state index in [1.54, 1.807) is 19.4 Å². The predicted molar refractivity (Wildman–Crippen MR) is 149 cm³/mol. The lowest BCUT2D eigenvalue weighted by molar-refractivity contribution is 0.0962. The molecule has 1 atom stereocenters. The minimum absolute atomic E-state index is 0.0493. The Balaban J connectivity index is 1.34. The number of amides is 1. The molecule has 0 saturated heterocycles. The second-order valence-corrected chi connectivity index (χ2v) is 10.4. The Hall–Kier alpha value is -4.73.